The third kappa shape index (κ3) is 3.63. The van der Waals surface area contributed by atoms with Gasteiger partial charge in [-0.15, -0.1) is 0 Å². The lowest BCUT2D eigenvalue weighted by Crippen LogP contribution is -2.45. The summed E-state index contributed by atoms with van der Waals surface area (Å²) >= 11 is 6.76. The summed E-state index contributed by atoms with van der Waals surface area (Å²) in [5.41, 5.74) is 1.11. The Bertz CT molecular complexity index is 831. The van der Waals surface area contributed by atoms with Gasteiger partial charge in [0.25, 0.3) is 6.43 Å². The molecule has 0 atom stereocenters. The van der Waals surface area contributed by atoms with Crippen molar-refractivity contribution in [3.63, 3.8) is 0 Å². The molecule has 3 heterocycles. The third-order valence-electron chi connectivity index (χ3n) is 5.45. The molecule has 148 valence electrons. The Morgan fingerprint density at radius 2 is 1.81 bits per heavy atom. The van der Waals surface area contributed by atoms with E-state index >= 15 is 0 Å². The Hall–Kier alpha value is -0.770. The van der Waals surface area contributed by atoms with Gasteiger partial charge >= 0.3 is 0 Å². The number of ether oxygens (including phenoxy) is 1. The summed E-state index contributed by atoms with van der Waals surface area (Å²) in [5.74, 6) is 0.803. The van der Waals surface area contributed by atoms with Crippen molar-refractivity contribution in [3.8, 4) is 0 Å². The quantitative estimate of drug-likeness (QED) is 0.607. The molecular formula is C18H22Br2F2N4O. The molecule has 1 aromatic heterocycles. The van der Waals surface area contributed by atoms with E-state index in [9.17, 15) is 8.78 Å². The molecule has 0 aliphatic carbocycles. The van der Waals surface area contributed by atoms with Gasteiger partial charge in [-0.25, -0.2) is 13.8 Å². The van der Waals surface area contributed by atoms with Crippen molar-refractivity contribution in [3.05, 3.63) is 20.6 Å². The van der Waals surface area contributed by atoms with Crippen molar-refractivity contribution < 1.29 is 13.5 Å². The molecule has 2 aliphatic heterocycles. The van der Waals surface area contributed by atoms with Crippen LogP contribution in [0.15, 0.2) is 15.0 Å². The number of piperazine rings is 1. The van der Waals surface area contributed by atoms with Crippen molar-refractivity contribution in [2.75, 3.05) is 51.3 Å². The molecule has 2 saturated heterocycles. The zero-order valence-electron chi connectivity index (χ0n) is 15.1. The van der Waals surface area contributed by atoms with E-state index in [-0.39, 0.29) is 11.6 Å². The van der Waals surface area contributed by atoms with Gasteiger partial charge in [-0.05, 0) is 57.8 Å². The van der Waals surface area contributed by atoms with Gasteiger partial charge in [-0.1, -0.05) is 0 Å². The lowest BCUT2D eigenvalue weighted by Gasteiger charge is -2.35. The summed E-state index contributed by atoms with van der Waals surface area (Å²) in [7, 11) is 2.10. The van der Waals surface area contributed by atoms with Crippen molar-refractivity contribution in [1.29, 1.82) is 0 Å². The SMILES string of the molecule is CN1CCN(c2nc3c(C(F)F)c(Br)c(Br)cc3n2C2CCOCC2)CC1. The molecule has 1 aromatic carbocycles. The number of alkyl halides is 2. The molecule has 0 radical (unpaired) electrons. The minimum absolute atomic E-state index is 0.0411. The average molecular weight is 508 g/mol. The number of anilines is 1. The van der Waals surface area contributed by atoms with Gasteiger partial charge in [0, 0.05) is 54.4 Å². The summed E-state index contributed by atoms with van der Waals surface area (Å²) in [5, 5.41) is 0. The second-order valence-electron chi connectivity index (χ2n) is 7.17. The molecular weight excluding hydrogens is 486 g/mol. The minimum Gasteiger partial charge on any atom is -0.381 e. The van der Waals surface area contributed by atoms with Gasteiger partial charge in [0.05, 0.1) is 11.1 Å². The first-order valence-electron chi connectivity index (χ1n) is 9.16. The van der Waals surface area contributed by atoms with Crippen molar-refractivity contribution in [1.82, 2.24) is 14.5 Å². The third-order valence-corrected chi connectivity index (χ3v) is 7.47. The first kappa shape index (κ1) is 19.5. The van der Waals surface area contributed by atoms with Crippen LogP contribution in [0.3, 0.4) is 0 Å². The maximum atomic E-state index is 13.9. The van der Waals surface area contributed by atoms with Crippen LogP contribution in [-0.2, 0) is 4.74 Å². The Morgan fingerprint density at radius 1 is 1.15 bits per heavy atom. The maximum Gasteiger partial charge on any atom is 0.267 e. The van der Waals surface area contributed by atoms with E-state index in [1.54, 1.807) is 0 Å². The normalized spacial score (nSPS) is 20.1. The molecule has 5 nitrogen and oxygen atoms in total. The smallest absolute Gasteiger partial charge is 0.267 e. The number of hydrogen-bond acceptors (Lipinski definition) is 4. The lowest BCUT2D eigenvalue weighted by atomic mass is 10.1. The van der Waals surface area contributed by atoms with E-state index in [2.05, 4.69) is 53.3 Å². The highest BCUT2D eigenvalue weighted by molar-refractivity contribution is 9.13. The molecule has 27 heavy (non-hydrogen) atoms. The van der Waals surface area contributed by atoms with E-state index < -0.39 is 6.43 Å². The molecule has 2 fully saturated rings. The first-order chi connectivity index (χ1) is 13.0. The number of rotatable bonds is 3. The maximum absolute atomic E-state index is 13.9. The molecule has 2 aliphatic rings. The molecule has 9 heteroatoms. The molecule has 0 unspecified atom stereocenters. The fraction of sp³-hybridized carbons (Fsp3) is 0.611. The van der Waals surface area contributed by atoms with E-state index in [1.165, 1.54) is 0 Å². The number of likely N-dealkylation sites (N-methyl/N-ethyl adjacent to an activating group) is 1. The predicted octanol–water partition coefficient (Wildman–Crippen LogP) is 4.60. The number of hydrogen-bond donors (Lipinski definition) is 0. The second kappa shape index (κ2) is 7.93. The highest BCUT2D eigenvalue weighted by atomic mass is 79.9. The molecule has 0 amide bonds. The van der Waals surface area contributed by atoms with Crippen molar-refractivity contribution in [2.24, 2.45) is 0 Å². The second-order valence-corrected chi connectivity index (χ2v) is 8.82. The highest BCUT2D eigenvalue weighted by Crippen LogP contribution is 2.42. The van der Waals surface area contributed by atoms with Gasteiger partial charge in [0.2, 0.25) is 5.95 Å². The zero-order valence-corrected chi connectivity index (χ0v) is 18.3. The Labute approximate surface area is 173 Å². The number of nitrogens with zero attached hydrogens (tertiary/aromatic N) is 4. The van der Waals surface area contributed by atoms with Gasteiger partial charge in [0.1, 0.15) is 5.52 Å². The van der Waals surface area contributed by atoms with Crippen LogP contribution in [0.4, 0.5) is 14.7 Å². The summed E-state index contributed by atoms with van der Waals surface area (Å²) < 4.78 is 36.5. The van der Waals surface area contributed by atoms with Gasteiger partial charge in [-0.2, -0.15) is 0 Å². The van der Waals surface area contributed by atoms with Crippen LogP contribution in [0.5, 0.6) is 0 Å². The molecule has 0 bridgehead atoms. The van der Waals surface area contributed by atoms with E-state index in [4.69, 9.17) is 9.72 Å². The van der Waals surface area contributed by atoms with Crippen molar-refractivity contribution in [2.45, 2.75) is 25.3 Å². The van der Waals surface area contributed by atoms with Gasteiger partial charge in [-0.3, -0.25) is 0 Å². The summed E-state index contributed by atoms with van der Waals surface area (Å²) in [6, 6.07) is 2.12. The molecule has 4 rings (SSSR count). The largest absolute Gasteiger partial charge is 0.381 e. The number of fused-ring (bicyclic) bond motifs is 1. The van der Waals surface area contributed by atoms with Crippen LogP contribution in [0.1, 0.15) is 30.9 Å². The molecule has 0 spiro atoms. The average Bonchev–Trinajstić information content (AvgIpc) is 3.02. The van der Waals surface area contributed by atoms with Crippen molar-refractivity contribution >= 4 is 48.8 Å². The fourth-order valence-electron chi connectivity index (χ4n) is 3.92. The molecule has 2 aromatic rings. The van der Waals surface area contributed by atoms with E-state index in [0.29, 0.717) is 27.7 Å². The van der Waals surface area contributed by atoms with Crippen LogP contribution in [0, 0.1) is 0 Å². The van der Waals surface area contributed by atoms with Crippen LogP contribution in [0.25, 0.3) is 11.0 Å². The van der Waals surface area contributed by atoms with Crippen LogP contribution >= 0.6 is 31.9 Å². The Morgan fingerprint density at radius 3 is 2.44 bits per heavy atom. The Balaban J connectivity index is 1.90. The van der Waals surface area contributed by atoms with Crippen LogP contribution in [0.2, 0.25) is 0 Å². The van der Waals surface area contributed by atoms with Crippen LogP contribution in [-0.4, -0.2) is 60.9 Å². The van der Waals surface area contributed by atoms with Gasteiger partial charge in [0.15, 0.2) is 0 Å². The van der Waals surface area contributed by atoms with E-state index in [1.807, 2.05) is 6.07 Å². The van der Waals surface area contributed by atoms with E-state index in [0.717, 1.165) is 50.5 Å². The molecule has 0 saturated carbocycles. The highest BCUT2D eigenvalue weighted by Gasteiger charge is 2.30. The number of benzene rings is 1. The topological polar surface area (TPSA) is 33.5 Å². The summed E-state index contributed by atoms with van der Waals surface area (Å²) in [4.78, 5) is 9.26. The summed E-state index contributed by atoms with van der Waals surface area (Å²) in [6.45, 7) is 4.93. The Kier molecular flexibility index (Phi) is 5.74. The predicted molar refractivity (Wildman–Crippen MR) is 109 cm³/mol. The summed E-state index contributed by atoms with van der Waals surface area (Å²) in [6.07, 6.45) is -0.869. The van der Waals surface area contributed by atoms with Crippen LogP contribution < -0.4 is 4.90 Å². The lowest BCUT2D eigenvalue weighted by molar-refractivity contribution is 0.0708. The monoisotopic (exact) mass is 506 g/mol. The number of imidazole rings is 1. The number of aromatic nitrogens is 2. The first-order valence-corrected chi connectivity index (χ1v) is 10.7. The van der Waals surface area contributed by atoms with Gasteiger partial charge < -0.3 is 19.1 Å². The fourth-order valence-corrected chi connectivity index (χ4v) is 4.82. The number of halogens is 4. The molecule has 0 N–H and O–H groups in total. The standard InChI is InChI=1S/C18H22Br2F2N4O/c1-24-4-6-25(7-5-24)18-23-16-13(26(18)11-2-8-27-9-3-11)10-12(19)15(20)14(16)17(21)22/h10-11,17H,2-9H2,1H3. The zero-order chi connectivity index (χ0) is 19.1. The minimum atomic E-state index is -2.60.